The fourth-order valence-electron chi connectivity index (χ4n) is 2.45. The lowest BCUT2D eigenvalue weighted by Crippen LogP contribution is -2.07. The molecule has 3 rings (SSSR count). The van der Waals surface area contributed by atoms with Gasteiger partial charge in [0.25, 0.3) is 0 Å². The first-order valence-corrected chi connectivity index (χ1v) is 9.63. The fraction of sp³-hybridized carbons (Fsp3) is 0.0556. The first kappa shape index (κ1) is 21.8. The van der Waals surface area contributed by atoms with Gasteiger partial charge in [-0.15, -0.1) is 0 Å². The van der Waals surface area contributed by atoms with Gasteiger partial charge in [-0.25, -0.2) is 4.98 Å². The summed E-state index contributed by atoms with van der Waals surface area (Å²) in [5.74, 6) is 0. The number of rotatable bonds is 2. The Labute approximate surface area is 187 Å². The highest BCUT2D eigenvalue weighted by Gasteiger charge is 2.32. The lowest BCUT2D eigenvalue weighted by Gasteiger charge is -2.14. The molecule has 2 aromatic carbocycles. The smallest absolute Gasteiger partial charge is 0.248 e. The van der Waals surface area contributed by atoms with Crippen LogP contribution in [0.2, 0.25) is 30.1 Å². The SMILES string of the molecule is FC(F)(F)c1cc(-c2cc(Cl)cc(Cl)c2Cl)nc(-c2cc(Cl)cc(Cl)c2Cl)c1. The Morgan fingerprint density at radius 3 is 1.36 bits per heavy atom. The van der Waals surface area contributed by atoms with E-state index in [4.69, 9.17) is 69.6 Å². The molecular weight excluding hydrogens is 500 g/mol. The number of aromatic nitrogens is 1. The summed E-state index contributed by atoms with van der Waals surface area (Å²) < 4.78 is 40.5. The van der Waals surface area contributed by atoms with Gasteiger partial charge in [-0.05, 0) is 36.4 Å². The molecule has 0 aliphatic carbocycles. The van der Waals surface area contributed by atoms with Crippen molar-refractivity contribution >= 4 is 69.6 Å². The summed E-state index contributed by atoms with van der Waals surface area (Å²) in [5.41, 5.74) is -0.879. The number of hydrogen-bond donors (Lipinski definition) is 0. The summed E-state index contributed by atoms with van der Waals surface area (Å²) in [6.07, 6.45) is -4.66. The molecule has 0 atom stereocenters. The minimum absolute atomic E-state index is 0.0130. The molecule has 0 radical (unpaired) electrons. The van der Waals surface area contributed by atoms with E-state index < -0.39 is 11.7 Å². The van der Waals surface area contributed by atoms with Crippen LogP contribution in [0.1, 0.15) is 5.56 Å². The van der Waals surface area contributed by atoms with E-state index in [-0.39, 0.29) is 52.7 Å². The highest BCUT2D eigenvalue weighted by Crippen LogP contribution is 2.42. The van der Waals surface area contributed by atoms with Crippen LogP contribution in [0, 0.1) is 0 Å². The Hall–Kier alpha value is -0.880. The number of benzene rings is 2. The predicted octanol–water partition coefficient (Wildman–Crippen LogP) is 9.35. The summed E-state index contributed by atoms with van der Waals surface area (Å²) in [6, 6.07) is 7.17. The standard InChI is InChI=1S/C18H6Cl6F3N/c19-8-3-10(16(23)12(21)5-8)14-1-7(18(25,26)27)2-15(28-14)11-4-9(20)6-13(22)17(11)24/h1-6H. The second-order valence-corrected chi connectivity index (χ2v) is 8.07. The molecule has 0 fully saturated rings. The van der Waals surface area contributed by atoms with Crippen LogP contribution in [-0.4, -0.2) is 4.98 Å². The highest BCUT2D eigenvalue weighted by molar-refractivity contribution is 6.45. The fourth-order valence-corrected chi connectivity index (χ4v) is 3.85. The Balaban J connectivity index is 2.34. The second-order valence-electron chi connectivity index (χ2n) is 5.62. The topological polar surface area (TPSA) is 12.9 Å². The zero-order chi connectivity index (χ0) is 20.8. The molecule has 146 valence electrons. The van der Waals surface area contributed by atoms with Gasteiger partial charge in [-0.1, -0.05) is 69.6 Å². The van der Waals surface area contributed by atoms with E-state index in [1.165, 1.54) is 24.3 Å². The molecule has 1 nitrogen and oxygen atoms in total. The molecule has 0 N–H and O–H groups in total. The highest BCUT2D eigenvalue weighted by atomic mass is 35.5. The minimum Gasteiger partial charge on any atom is -0.248 e. The Kier molecular flexibility index (Phi) is 6.31. The van der Waals surface area contributed by atoms with E-state index >= 15 is 0 Å². The molecule has 3 aromatic rings. The van der Waals surface area contributed by atoms with Gasteiger partial charge in [0.15, 0.2) is 0 Å². The number of halogens is 9. The average Bonchev–Trinajstić information content (AvgIpc) is 2.60. The Morgan fingerprint density at radius 1 is 0.607 bits per heavy atom. The predicted molar refractivity (Wildman–Crippen MR) is 110 cm³/mol. The van der Waals surface area contributed by atoms with E-state index in [0.29, 0.717) is 0 Å². The van der Waals surface area contributed by atoms with Gasteiger partial charge in [0, 0.05) is 21.2 Å². The second kappa shape index (κ2) is 8.10. The van der Waals surface area contributed by atoms with Gasteiger partial charge in [0.1, 0.15) is 0 Å². The number of hydrogen-bond acceptors (Lipinski definition) is 1. The van der Waals surface area contributed by atoms with Crippen LogP contribution in [-0.2, 0) is 6.18 Å². The zero-order valence-electron chi connectivity index (χ0n) is 13.3. The van der Waals surface area contributed by atoms with Crippen molar-refractivity contribution in [3.8, 4) is 22.5 Å². The van der Waals surface area contributed by atoms with Crippen molar-refractivity contribution in [2.75, 3.05) is 0 Å². The van der Waals surface area contributed by atoms with Crippen molar-refractivity contribution in [3.05, 3.63) is 72.1 Å². The van der Waals surface area contributed by atoms with Crippen molar-refractivity contribution in [1.82, 2.24) is 4.98 Å². The molecule has 0 aliphatic heterocycles. The molecule has 0 saturated carbocycles. The van der Waals surface area contributed by atoms with E-state index in [2.05, 4.69) is 4.98 Å². The van der Waals surface area contributed by atoms with Crippen molar-refractivity contribution in [2.45, 2.75) is 6.18 Å². The van der Waals surface area contributed by atoms with Gasteiger partial charge < -0.3 is 0 Å². The summed E-state index contributed by atoms with van der Waals surface area (Å²) in [6.45, 7) is 0. The van der Waals surface area contributed by atoms with Crippen LogP contribution >= 0.6 is 69.6 Å². The van der Waals surface area contributed by atoms with E-state index in [1.54, 1.807) is 0 Å². The molecule has 0 unspecified atom stereocenters. The Morgan fingerprint density at radius 2 is 1.00 bits per heavy atom. The normalized spacial score (nSPS) is 11.8. The van der Waals surface area contributed by atoms with E-state index in [0.717, 1.165) is 12.1 Å². The first-order chi connectivity index (χ1) is 13.0. The summed E-state index contributed by atoms with van der Waals surface area (Å²) in [4.78, 5) is 4.27. The molecule has 28 heavy (non-hydrogen) atoms. The molecule has 0 spiro atoms. The van der Waals surface area contributed by atoms with Crippen molar-refractivity contribution in [2.24, 2.45) is 0 Å². The van der Waals surface area contributed by atoms with Crippen molar-refractivity contribution in [1.29, 1.82) is 0 Å². The Bertz CT molecular complexity index is 1010. The van der Waals surface area contributed by atoms with Crippen LogP contribution in [0.25, 0.3) is 22.5 Å². The molecular formula is C18H6Cl6F3N. The summed E-state index contributed by atoms with van der Waals surface area (Å²) in [7, 11) is 0. The van der Waals surface area contributed by atoms with Gasteiger partial charge in [0.05, 0.1) is 37.0 Å². The van der Waals surface area contributed by atoms with Crippen LogP contribution in [0.15, 0.2) is 36.4 Å². The van der Waals surface area contributed by atoms with E-state index in [9.17, 15) is 13.2 Å². The van der Waals surface area contributed by atoms with Gasteiger partial charge in [-0.3, -0.25) is 0 Å². The molecule has 1 aromatic heterocycles. The van der Waals surface area contributed by atoms with Crippen molar-refractivity contribution in [3.63, 3.8) is 0 Å². The van der Waals surface area contributed by atoms with Crippen LogP contribution in [0.3, 0.4) is 0 Å². The van der Waals surface area contributed by atoms with Gasteiger partial charge >= 0.3 is 6.18 Å². The number of pyridine rings is 1. The van der Waals surface area contributed by atoms with Crippen LogP contribution < -0.4 is 0 Å². The molecule has 0 saturated heterocycles. The summed E-state index contributed by atoms with van der Waals surface area (Å²) >= 11 is 36.3. The third-order valence-corrected chi connectivity index (χ3v) is 5.73. The maximum atomic E-state index is 13.5. The van der Waals surface area contributed by atoms with Crippen molar-refractivity contribution < 1.29 is 13.2 Å². The first-order valence-electron chi connectivity index (χ1n) is 7.36. The maximum Gasteiger partial charge on any atom is 0.416 e. The molecule has 0 bridgehead atoms. The van der Waals surface area contributed by atoms with Gasteiger partial charge in [0.2, 0.25) is 0 Å². The largest absolute Gasteiger partial charge is 0.416 e. The van der Waals surface area contributed by atoms with Crippen LogP contribution in [0.4, 0.5) is 13.2 Å². The van der Waals surface area contributed by atoms with E-state index in [1.807, 2.05) is 0 Å². The minimum atomic E-state index is -4.66. The third kappa shape index (κ3) is 4.48. The van der Waals surface area contributed by atoms with Gasteiger partial charge in [-0.2, -0.15) is 13.2 Å². The number of alkyl halides is 3. The third-order valence-electron chi connectivity index (χ3n) is 3.69. The quantitative estimate of drug-likeness (QED) is 0.316. The van der Waals surface area contributed by atoms with Crippen LogP contribution in [0.5, 0.6) is 0 Å². The zero-order valence-corrected chi connectivity index (χ0v) is 17.8. The lowest BCUT2D eigenvalue weighted by molar-refractivity contribution is -0.137. The molecule has 0 amide bonds. The maximum absolute atomic E-state index is 13.5. The lowest BCUT2D eigenvalue weighted by atomic mass is 10.0. The molecule has 0 aliphatic rings. The molecule has 10 heteroatoms. The number of nitrogens with zero attached hydrogens (tertiary/aromatic N) is 1. The average molecular weight is 506 g/mol. The summed E-state index contributed by atoms with van der Waals surface area (Å²) in [5, 5.41) is 0.559. The molecule has 1 heterocycles. The monoisotopic (exact) mass is 503 g/mol.